The van der Waals surface area contributed by atoms with E-state index in [1.165, 1.54) is 4.31 Å². The number of amides is 1. The van der Waals surface area contributed by atoms with Gasteiger partial charge in [-0.1, -0.05) is 41.4 Å². The van der Waals surface area contributed by atoms with Gasteiger partial charge < -0.3 is 4.90 Å². The highest BCUT2D eigenvalue weighted by Gasteiger charge is 2.31. The van der Waals surface area contributed by atoms with Gasteiger partial charge in [0, 0.05) is 24.7 Å². The standard InChI is InChI=1S/C23H29ClN2O3S/c1-17-13-18(2)23(19(3)14-17)30(28,29)26(15-20-7-9-21(24)10-8-20)16-22(27)25-11-5-4-6-12-25/h7-10,13-14H,4-6,11-12,15-16H2,1-3H3. The number of hydrogen-bond acceptors (Lipinski definition) is 3. The van der Waals surface area contributed by atoms with Gasteiger partial charge in [0.15, 0.2) is 0 Å². The molecule has 3 rings (SSSR count). The lowest BCUT2D eigenvalue weighted by atomic mass is 10.1. The molecule has 1 amide bonds. The third-order valence-corrected chi connectivity index (χ3v) is 7.84. The summed E-state index contributed by atoms with van der Waals surface area (Å²) in [6.45, 7) is 6.89. The number of benzene rings is 2. The lowest BCUT2D eigenvalue weighted by Gasteiger charge is -2.30. The number of hydrogen-bond donors (Lipinski definition) is 0. The molecule has 162 valence electrons. The zero-order valence-corrected chi connectivity index (χ0v) is 19.4. The molecule has 0 aromatic heterocycles. The number of piperidine rings is 1. The molecular weight excluding hydrogens is 420 g/mol. The molecule has 0 N–H and O–H groups in total. The minimum Gasteiger partial charge on any atom is -0.342 e. The van der Waals surface area contributed by atoms with Crippen molar-refractivity contribution in [1.29, 1.82) is 0 Å². The lowest BCUT2D eigenvalue weighted by molar-refractivity contribution is -0.132. The van der Waals surface area contributed by atoms with Gasteiger partial charge in [0.2, 0.25) is 15.9 Å². The molecule has 1 heterocycles. The van der Waals surface area contributed by atoms with Crippen LogP contribution < -0.4 is 0 Å². The summed E-state index contributed by atoms with van der Waals surface area (Å²) in [4.78, 5) is 15.0. The normalized spacial score (nSPS) is 14.9. The number of likely N-dealkylation sites (tertiary alicyclic amines) is 1. The molecular formula is C23H29ClN2O3S. The molecule has 1 saturated heterocycles. The van der Waals surface area contributed by atoms with E-state index in [4.69, 9.17) is 11.6 Å². The number of rotatable bonds is 6. The molecule has 5 nitrogen and oxygen atoms in total. The van der Waals surface area contributed by atoms with Gasteiger partial charge in [-0.3, -0.25) is 4.79 Å². The first kappa shape index (κ1) is 22.8. The first-order valence-corrected chi connectivity index (χ1v) is 12.1. The summed E-state index contributed by atoms with van der Waals surface area (Å²) in [5.41, 5.74) is 3.19. The summed E-state index contributed by atoms with van der Waals surface area (Å²) in [7, 11) is -3.87. The van der Waals surface area contributed by atoms with Crippen LogP contribution in [0.1, 0.15) is 41.5 Å². The number of nitrogens with zero attached hydrogens (tertiary/aromatic N) is 2. The molecule has 7 heteroatoms. The van der Waals surface area contributed by atoms with E-state index < -0.39 is 10.0 Å². The van der Waals surface area contributed by atoms with Gasteiger partial charge in [0.05, 0.1) is 11.4 Å². The third-order valence-electron chi connectivity index (χ3n) is 5.50. The Morgan fingerprint density at radius 3 is 2.13 bits per heavy atom. The van der Waals surface area contributed by atoms with E-state index in [0.29, 0.717) is 29.2 Å². The first-order chi connectivity index (χ1) is 14.2. The second kappa shape index (κ2) is 9.50. The van der Waals surface area contributed by atoms with E-state index in [-0.39, 0.29) is 23.9 Å². The molecule has 0 aliphatic carbocycles. The van der Waals surface area contributed by atoms with Crippen LogP contribution in [0.15, 0.2) is 41.3 Å². The van der Waals surface area contributed by atoms with Crippen molar-refractivity contribution < 1.29 is 13.2 Å². The van der Waals surface area contributed by atoms with Gasteiger partial charge in [-0.25, -0.2) is 8.42 Å². The second-order valence-corrected chi connectivity index (χ2v) is 10.4. The van der Waals surface area contributed by atoms with Gasteiger partial charge in [-0.15, -0.1) is 0 Å². The molecule has 0 unspecified atom stereocenters. The maximum Gasteiger partial charge on any atom is 0.244 e. The Balaban J connectivity index is 1.97. The van der Waals surface area contributed by atoms with Crippen molar-refractivity contribution in [3.05, 3.63) is 63.7 Å². The van der Waals surface area contributed by atoms with Crippen LogP contribution in [0.2, 0.25) is 5.02 Å². The summed E-state index contributed by atoms with van der Waals surface area (Å²) in [6.07, 6.45) is 3.04. The van der Waals surface area contributed by atoms with Gasteiger partial charge in [0.25, 0.3) is 0 Å². The average Bonchev–Trinajstić information content (AvgIpc) is 2.68. The second-order valence-electron chi connectivity index (χ2n) is 8.07. The molecule has 30 heavy (non-hydrogen) atoms. The Bertz CT molecular complexity index is 990. The van der Waals surface area contributed by atoms with Crippen molar-refractivity contribution in [2.24, 2.45) is 0 Å². The van der Waals surface area contributed by atoms with Crippen molar-refractivity contribution in [2.75, 3.05) is 19.6 Å². The molecule has 0 radical (unpaired) electrons. The minimum absolute atomic E-state index is 0.117. The molecule has 0 atom stereocenters. The molecule has 0 spiro atoms. The first-order valence-electron chi connectivity index (χ1n) is 10.3. The number of carbonyl (C=O) groups is 1. The fourth-order valence-corrected chi connectivity index (χ4v) is 6.03. The Morgan fingerprint density at radius 1 is 1.00 bits per heavy atom. The molecule has 2 aromatic carbocycles. The predicted molar refractivity (Wildman–Crippen MR) is 120 cm³/mol. The highest BCUT2D eigenvalue weighted by molar-refractivity contribution is 7.89. The van der Waals surface area contributed by atoms with Crippen LogP contribution in [0.4, 0.5) is 0 Å². The van der Waals surface area contributed by atoms with Crippen molar-refractivity contribution >= 4 is 27.5 Å². The van der Waals surface area contributed by atoms with Crippen LogP contribution in [0.3, 0.4) is 0 Å². The minimum atomic E-state index is -3.87. The van der Waals surface area contributed by atoms with E-state index >= 15 is 0 Å². The fraction of sp³-hybridized carbons (Fsp3) is 0.435. The molecule has 0 bridgehead atoms. The summed E-state index contributed by atoms with van der Waals surface area (Å²) in [5.74, 6) is -0.144. The van der Waals surface area contributed by atoms with Crippen molar-refractivity contribution in [2.45, 2.75) is 51.5 Å². The maximum absolute atomic E-state index is 13.7. The Morgan fingerprint density at radius 2 is 1.57 bits per heavy atom. The van der Waals surface area contributed by atoms with Crippen LogP contribution in [0, 0.1) is 20.8 Å². The Hall–Kier alpha value is -1.89. The number of carbonyl (C=O) groups excluding carboxylic acids is 1. The van der Waals surface area contributed by atoms with E-state index in [0.717, 1.165) is 30.4 Å². The van der Waals surface area contributed by atoms with Gasteiger partial charge in [-0.2, -0.15) is 4.31 Å². The lowest BCUT2D eigenvalue weighted by Crippen LogP contribution is -2.44. The van der Waals surface area contributed by atoms with E-state index in [2.05, 4.69) is 0 Å². The number of halogens is 1. The summed E-state index contributed by atoms with van der Waals surface area (Å²) in [5, 5.41) is 0.586. The van der Waals surface area contributed by atoms with Crippen LogP contribution >= 0.6 is 11.6 Å². The van der Waals surface area contributed by atoms with E-state index in [1.807, 2.05) is 19.1 Å². The third kappa shape index (κ3) is 5.23. The van der Waals surface area contributed by atoms with Crippen LogP contribution in [-0.4, -0.2) is 43.2 Å². The number of aryl methyl sites for hydroxylation is 3. The molecule has 1 aliphatic heterocycles. The van der Waals surface area contributed by atoms with Crippen LogP contribution in [0.5, 0.6) is 0 Å². The number of sulfonamides is 1. The smallest absolute Gasteiger partial charge is 0.244 e. The zero-order chi connectivity index (χ0) is 21.9. The average molecular weight is 449 g/mol. The van der Waals surface area contributed by atoms with Crippen molar-refractivity contribution in [3.63, 3.8) is 0 Å². The van der Waals surface area contributed by atoms with Gasteiger partial charge in [-0.05, 0) is 68.9 Å². The highest BCUT2D eigenvalue weighted by atomic mass is 35.5. The largest absolute Gasteiger partial charge is 0.342 e. The van der Waals surface area contributed by atoms with E-state index in [9.17, 15) is 13.2 Å². The Kier molecular flexibility index (Phi) is 7.22. The molecule has 1 aliphatic rings. The molecule has 1 fully saturated rings. The molecule has 2 aromatic rings. The van der Waals surface area contributed by atoms with Gasteiger partial charge in [0.1, 0.15) is 0 Å². The van der Waals surface area contributed by atoms with Gasteiger partial charge >= 0.3 is 0 Å². The zero-order valence-electron chi connectivity index (χ0n) is 17.8. The summed E-state index contributed by atoms with van der Waals surface area (Å²) < 4.78 is 28.7. The Labute approximate surface area is 184 Å². The van der Waals surface area contributed by atoms with E-state index in [1.54, 1.807) is 43.0 Å². The van der Waals surface area contributed by atoms with Crippen molar-refractivity contribution in [3.8, 4) is 0 Å². The summed E-state index contributed by atoms with van der Waals surface area (Å²) in [6, 6.07) is 10.8. The quantitative estimate of drug-likeness (QED) is 0.655. The monoisotopic (exact) mass is 448 g/mol. The summed E-state index contributed by atoms with van der Waals surface area (Å²) >= 11 is 5.98. The highest BCUT2D eigenvalue weighted by Crippen LogP contribution is 2.27. The predicted octanol–water partition coefficient (Wildman–Crippen LogP) is 4.47. The van der Waals surface area contributed by atoms with Crippen LogP contribution in [0.25, 0.3) is 0 Å². The van der Waals surface area contributed by atoms with Crippen LogP contribution in [-0.2, 0) is 21.4 Å². The topological polar surface area (TPSA) is 57.7 Å². The molecule has 0 saturated carbocycles. The maximum atomic E-state index is 13.7. The van der Waals surface area contributed by atoms with Crippen molar-refractivity contribution in [1.82, 2.24) is 9.21 Å². The fourth-order valence-electron chi connectivity index (χ4n) is 4.12. The SMILES string of the molecule is Cc1cc(C)c(S(=O)(=O)N(CC(=O)N2CCCCC2)Cc2ccc(Cl)cc2)c(C)c1.